The minimum atomic E-state index is -4.97. The highest BCUT2D eigenvalue weighted by atomic mass is 35.5. The second-order valence-corrected chi connectivity index (χ2v) is 12.3. The third-order valence-electron chi connectivity index (χ3n) is 7.23. The fourth-order valence-corrected chi connectivity index (χ4v) is 5.70. The first-order valence-corrected chi connectivity index (χ1v) is 15.1. The van der Waals surface area contributed by atoms with E-state index in [2.05, 4.69) is 15.2 Å². The Hall–Kier alpha value is -3.00. The van der Waals surface area contributed by atoms with Crippen molar-refractivity contribution in [2.75, 3.05) is 19.8 Å². The van der Waals surface area contributed by atoms with Crippen LogP contribution in [0, 0.1) is 11.6 Å². The predicted octanol–water partition coefficient (Wildman–Crippen LogP) is 3.44. The quantitative estimate of drug-likeness (QED) is 0.194. The lowest BCUT2D eigenvalue weighted by atomic mass is 9.59. The molecule has 2 bridgehead atoms. The number of hydrogen-bond donors (Lipinski definition) is 4. The number of carbonyl (C=O) groups excluding carboxylic acids is 3. The van der Waals surface area contributed by atoms with Gasteiger partial charge in [-0.15, -0.1) is 0 Å². The minimum absolute atomic E-state index is 0.0412. The Morgan fingerprint density at radius 2 is 1.37 bits per heavy atom. The molecular weight excluding hydrogens is 640 g/mol. The van der Waals surface area contributed by atoms with Crippen LogP contribution in [0.15, 0.2) is 36.4 Å². The van der Waals surface area contributed by atoms with Crippen LogP contribution >= 0.6 is 31.0 Å². The minimum Gasteiger partial charge on any atom is -0.484 e. The van der Waals surface area contributed by atoms with E-state index in [1.165, 1.54) is 24.3 Å². The molecule has 0 aromatic heterocycles. The molecule has 3 saturated carbocycles. The molecule has 12 nitrogen and oxygen atoms in total. The van der Waals surface area contributed by atoms with Gasteiger partial charge in [-0.05, 0) is 49.9 Å². The molecule has 0 spiro atoms. The predicted molar refractivity (Wildman–Crippen MR) is 147 cm³/mol. The third-order valence-corrected chi connectivity index (χ3v) is 8.31. The summed E-state index contributed by atoms with van der Waals surface area (Å²) < 4.78 is 58.9. The van der Waals surface area contributed by atoms with Crippen molar-refractivity contribution < 1.29 is 56.3 Å². The SMILES string of the molecule is O=C(COc1ccc(Cl)c(F)c1)NC12CCC(NC(=O)COc3ccc(Cl)c(F)c3)(CC1)[C@@H](OC(=O)COP(=O)(O)O)C2. The molecule has 1 atom stereocenters. The molecule has 4 N–H and O–H groups in total. The number of fused-ring (bicyclic) bond motifs is 3. The summed E-state index contributed by atoms with van der Waals surface area (Å²) in [6.07, 6.45) is 0.228. The van der Waals surface area contributed by atoms with E-state index in [9.17, 15) is 27.7 Å². The highest BCUT2D eigenvalue weighted by Crippen LogP contribution is 2.48. The van der Waals surface area contributed by atoms with Gasteiger partial charge in [-0.25, -0.2) is 18.1 Å². The fourth-order valence-electron chi connectivity index (χ4n) is 5.19. The molecule has 234 valence electrons. The van der Waals surface area contributed by atoms with Gasteiger partial charge >= 0.3 is 13.8 Å². The number of phosphoric ester groups is 1. The van der Waals surface area contributed by atoms with Gasteiger partial charge in [-0.3, -0.25) is 14.1 Å². The summed E-state index contributed by atoms with van der Waals surface area (Å²) in [6, 6.07) is 7.39. The number of benzene rings is 2. The first kappa shape index (κ1) is 32.9. The molecule has 0 aliphatic heterocycles. The molecule has 2 amide bonds. The van der Waals surface area contributed by atoms with Gasteiger partial charge < -0.3 is 34.6 Å². The average molecular weight is 667 g/mol. The Morgan fingerprint density at radius 1 is 0.860 bits per heavy atom. The van der Waals surface area contributed by atoms with Crippen LogP contribution in [-0.2, 0) is 28.2 Å². The Bertz CT molecular complexity index is 1430. The second-order valence-electron chi connectivity index (χ2n) is 10.2. The van der Waals surface area contributed by atoms with Crippen LogP contribution in [-0.4, -0.2) is 64.6 Å². The topological polar surface area (TPSA) is 170 Å². The van der Waals surface area contributed by atoms with Crippen molar-refractivity contribution in [3.63, 3.8) is 0 Å². The molecule has 17 heteroatoms. The van der Waals surface area contributed by atoms with Gasteiger partial charge in [-0.2, -0.15) is 0 Å². The maximum Gasteiger partial charge on any atom is 0.470 e. The maximum atomic E-state index is 13.7. The standard InChI is InChI=1S/C26H27Cl2F2N2O10P/c27-17-3-1-15(9-19(17)29)39-12-22(33)31-25-5-7-26(8-6-25,21(11-25)42-24(35)14-41-43(36,37)38)32-23(34)13-40-16-2-4-18(28)20(30)10-16/h1-4,9-10,21H,5-8,11-14H2,(H,31,33)(H,32,34)(H2,36,37,38)/t21-,25?,26?/m0/s1. The number of halogens is 4. The Balaban J connectivity index is 1.42. The summed E-state index contributed by atoms with van der Waals surface area (Å²) in [7, 11) is -4.97. The van der Waals surface area contributed by atoms with Crippen LogP contribution in [0.1, 0.15) is 32.1 Å². The normalized spacial score (nSPS) is 22.9. The van der Waals surface area contributed by atoms with Crippen molar-refractivity contribution in [1.29, 1.82) is 0 Å². The van der Waals surface area contributed by atoms with E-state index in [1.807, 2.05) is 0 Å². The van der Waals surface area contributed by atoms with Crippen molar-refractivity contribution in [3.8, 4) is 11.5 Å². The van der Waals surface area contributed by atoms with Crippen LogP contribution < -0.4 is 20.1 Å². The fraction of sp³-hybridized carbons (Fsp3) is 0.423. The van der Waals surface area contributed by atoms with Crippen molar-refractivity contribution in [3.05, 3.63) is 58.1 Å². The lowest BCUT2D eigenvalue weighted by Gasteiger charge is -2.57. The van der Waals surface area contributed by atoms with Crippen molar-refractivity contribution in [2.24, 2.45) is 0 Å². The number of esters is 1. The van der Waals surface area contributed by atoms with Crippen LogP contribution in [0.2, 0.25) is 10.0 Å². The summed E-state index contributed by atoms with van der Waals surface area (Å²) in [5.74, 6) is -3.54. The molecule has 0 radical (unpaired) electrons. The molecular formula is C26H27Cl2F2N2O10P. The molecule has 3 aliphatic rings. The molecule has 0 unspecified atom stereocenters. The summed E-state index contributed by atoms with van der Waals surface area (Å²) in [5.41, 5.74) is -1.97. The number of phosphoric acid groups is 1. The number of carbonyl (C=O) groups is 3. The highest BCUT2D eigenvalue weighted by molar-refractivity contribution is 7.46. The van der Waals surface area contributed by atoms with Gasteiger partial charge in [-0.1, -0.05) is 23.2 Å². The van der Waals surface area contributed by atoms with Gasteiger partial charge in [0.25, 0.3) is 11.8 Å². The smallest absolute Gasteiger partial charge is 0.470 e. The van der Waals surface area contributed by atoms with Gasteiger partial charge in [0, 0.05) is 24.1 Å². The zero-order chi connectivity index (χ0) is 31.4. The summed E-state index contributed by atoms with van der Waals surface area (Å²) in [6.45, 7) is -2.01. The van der Waals surface area contributed by atoms with E-state index in [-0.39, 0.29) is 40.8 Å². The molecule has 2 aromatic rings. The van der Waals surface area contributed by atoms with E-state index in [0.29, 0.717) is 12.8 Å². The molecule has 3 aliphatic carbocycles. The lowest BCUT2D eigenvalue weighted by molar-refractivity contribution is -0.169. The number of ether oxygens (including phenoxy) is 3. The number of amides is 2. The van der Waals surface area contributed by atoms with E-state index in [4.69, 9.17) is 47.2 Å². The van der Waals surface area contributed by atoms with E-state index in [1.54, 1.807) is 0 Å². The van der Waals surface area contributed by atoms with Crippen LogP contribution in [0.3, 0.4) is 0 Å². The number of rotatable bonds is 12. The molecule has 3 fully saturated rings. The van der Waals surface area contributed by atoms with Gasteiger partial charge in [0.05, 0.1) is 15.6 Å². The van der Waals surface area contributed by atoms with Crippen molar-refractivity contribution in [1.82, 2.24) is 10.6 Å². The van der Waals surface area contributed by atoms with E-state index < -0.39 is 74.2 Å². The second kappa shape index (κ2) is 13.3. The van der Waals surface area contributed by atoms with E-state index in [0.717, 1.165) is 12.1 Å². The Labute approximate surface area is 254 Å². The van der Waals surface area contributed by atoms with Crippen molar-refractivity contribution in [2.45, 2.75) is 49.3 Å². The summed E-state index contributed by atoms with van der Waals surface area (Å²) in [5, 5.41) is 5.50. The maximum absolute atomic E-state index is 13.7. The molecule has 0 saturated heterocycles. The first-order valence-electron chi connectivity index (χ1n) is 12.8. The zero-order valence-electron chi connectivity index (χ0n) is 22.3. The van der Waals surface area contributed by atoms with Crippen LogP contribution in [0.4, 0.5) is 8.78 Å². The largest absolute Gasteiger partial charge is 0.484 e. The highest BCUT2D eigenvalue weighted by Gasteiger charge is 2.57. The van der Waals surface area contributed by atoms with Gasteiger partial charge in [0.2, 0.25) is 0 Å². The molecule has 0 heterocycles. The zero-order valence-corrected chi connectivity index (χ0v) is 24.7. The van der Waals surface area contributed by atoms with E-state index >= 15 is 0 Å². The summed E-state index contributed by atoms with van der Waals surface area (Å²) >= 11 is 11.3. The van der Waals surface area contributed by atoms with Crippen LogP contribution in [0.25, 0.3) is 0 Å². The van der Waals surface area contributed by atoms with Gasteiger partial charge in [0.15, 0.2) is 19.8 Å². The van der Waals surface area contributed by atoms with Gasteiger partial charge in [0.1, 0.15) is 29.2 Å². The molecule has 5 rings (SSSR count). The number of hydrogen-bond acceptors (Lipinski definition) is 8. The number of nitrogens with one attached hydrogen (secondary N) is 2. The third kappa shape index (κ3) is 8.78. The first-order chi connectivity index (χ1) is 20.2. The monoisotopic (exact) mass is 666 g/mol. The average Bonchev–Trinajstić information content (AvgIpc) is 2.94. The van der Waals surface area contributed by atoms with Crippen molar-refractivity contribution >= 4 is 48.8 Å². The van der Waals surface area contributed by atoms with Crippen LogP contribution in [0.5, 0.6) is 11.5 Å². The summed E-state index contributed by atoms with van der Waals surface area (Å²) in [4.78, 5) is 56.0. The Kier molecular flexibility index (Phi) is 10.2. The molecule has 43 heavy (non-hydrogen) atoms. The lowest BCUT2D eigenvalue weighted by Crippen LogP contribution is -2.71. The molecule has 2 aromatic carbocycles. The Morgan fingerprint density at radius 3 is 1.86 bits per heavy atom.